The summed E-state index contributed by atoms with van der Waals surface area (Å²) in [5, 5.41) is 0. The van der Waals surface area contributed by atoms with E-state index in [1.54, 1.807) is 18.3 Å². The summed E-state index contributed by atoms with van der Waals surface area (Å²) in [6, 6.07) is 7.22. The van der Waals surface area contributed by atoms with E-state index in [4.69, 9.17) is 0 Å². The van der Waals surface area contributed by atoms with Crippen molar-refractivity contribution in [2.24, 2.45) is 0 Å². The molecule has 0 radical (unpaired) electrons. The molecule has 0 aliphatic rings. The van der Waals surface area contributed by atoms with Crippen molar-refractivity contribution in [2.45, 2.75) is 19.8 Å². The summed E-state index contributed by atoms with van der Waals surface area (Å²) in [6.45, 7) is 4.15. The molecule has 0 unspecified atom stereocenters. The Morgan fingerprint density at radius 2 is 1.94 bits per heavy atom. The molecule has 0 N–H and O–H groups in total. The molecule has 0 amide bonds. The standard InChI is InChI=1S/C13H13FN2/c1-9(2)12-6-5-10(8-16-12)11-4-3-7-15-13(11)14/h3-9H,1-2H3. The Kier molecular flexibility index (Phi) is 2.95. The average Bonchev–Trinajstić information content (AvgIpc) is 2.30. The molecular weight excluding hydrogens is 203 g/mol. The van der Waals surface area contributed by atoms with Crippen LogP contribution in [0.4, 0.5) is 4.39 Å². The van der Waals surface area contributed by atoms with Gasteiger partial charge < -0.3 is 0 Å². The van der Waals surface area contributed by atoms with Gasteiger partial charge in [0.25, 0.3) is 0 Å². The topological polar surface area (TPSA) is 25.8 Å². The summed E-state index contributed by atoms with van der Waals surface area (Å²) in [4.78, 5) is 7.92. The molecule has 0 aliphatic carbocycles. The molecule has 3 heteroatoms. The monoisotopic (exact) mass is 216 g/mol. The third-order valence-corrected chi connectivity index (χ3v) is 2.45. The molecule has 2 nitrogen and oxygen atoms in total. The van der Waals surface area contributed by atoms with Crippen LogP contribution in [-0.4, -0.2) is 9.97 Å². The molecule has 0 atom stereocenters. The Labute approximate surface area is 94.2 Å². The fourth-order valence-corrected chi connectivity index (χ4v) is 1.51. The number of nitrogens with zero attached hydrogens (tertiary/aromatic N) is 2. The number of hydrogen-bond donors (Lipinski definition) is 0. The maximum atomic E-state index is 13.4. The molecule has 2 aromatic rings. The second kappa shape index (κ2) is 4.39. The smallest absolute Gasteiger partial charge is 0.220 e. The molecule has 0 aliphatic heterocycles. The van der Waals surface area contributed by atoms with Gasteiger partial charge in [0.15, 0.2) is 0 Å². The Bertz CT molecular complexity index is 478. The molecule has 0 saturated carbocycles. The molecule has 0 spiro atoms. The number of halogens is 1. The van der Waals surface area contributed by atoms with E-state index >= 15 is 0 Å². The minimum Gasteiger partial charge on any atom is -0.260 e. The van der Waals surface area contributed by atoms with Gasteiger partial charge in [0, 0.05) is 29.2 Å². The Morgan fingerprint density at radius 3 is 2.50 bits per heavy atom. The van der Waals surface area contributed by atoms with Gasteiger partial charge in [0.1, 0.15) is 0 Å². The van der Waals surface area contributed by atoms with Crippen LogP contribution in [0.15, 0.2) is 36.7 Å². The van der Waals surface area contributed by atoms with Crippen molar-refractivity contribution in [3.63, 3.8) is 0 Å². The zero-order valence-electron chi connectivity index (χ0n) is 9.31. The van der Waals surface area contributed by atoms with Crippen molar-refractivity contribution in [3.05, 3.63) is 48.3 Å². The average molecular weight is 216 g/mol. The quantitative estimate of drug-likeness (QED) is 0.719. The van der Waals surface area contributed by atoms with Crippen LogP contribution in [0.1, 0.15) is 25.5 Å². The predicted octanol–water partition coefficient (Wildman–Crippen LogP) is 3.41. The number of rotatable bonds is 2. The maximum absolute atomic E-state index is 13.4. The van der Waals surface area contributed by atoms with Gasteiger partial charge in [-0.2, -0.15) is 4.39 Å². The van der Waals surface area contributed by atoms with Crippen molar-refractivity contribution >= 4 is 0 Å². The lowest BCUT2D eigenvalue weighted by Crippen LogP contribution is -1.93. The van der Waals surface area contributed by atoms with Crippen LogP contribution in [-0.2, 0) is 0 Å². The van der Waals surface area contributed by atoms with Gasteiger partial charge >= 0.3 is 0 Å². The van der Waals surface area contributed by atoms with E-state index < -0.39 is 5.95 Å². The van der Waals surface area contributed by atoms with Gasteiger partial charge in [-0.15, -0.1) is 0 Å². The zero-order valence-corrected chi connectivity index (χ0v) is 9.31. The van der Waals surface area contributed by atoms with Crippen molar-refractivity contribution in [1.82, 2.24) is 9.97 Å². The highest BCUT2D eigenvalue weighted by molar-refractivity contribution is 5.61. The van der Waals surface area contributed by atoms with E-state index in [2.05, 4.69) is 23.8 Å². The molecule has 2 aromatic heterocycles. The minimum atomic E-state index is -0.457. The highest BCUT2D eigenvalue weighted by atomic mass is 19.1. The molecule has 0 fully saturated rings. The van der Waals surface area contributed by atoms with E-state index in [1.165, 1.54) is 6.20 Å². The highest BCUT2D eigenvalue weighted by Gasteiger charge is 2.06. The van der Waals surface area contributed by atoms with Gasteiger partial charge in [-0.3, -0.25) is 4.98 Å². The summed E-state index contributed by atoms with van der Waals surface area (Å²) in [5.74, 6) is -0.0746. The molecule has 2 rings (SSSR count). The third kappa shape index (κ3) is 2.08. The highest BCUT2D eigenvalue weighted by Crippen LogP contribution is 2.21. The van der Waals surface area contributed by atoms with Gasteiger partial charge in [0.2, 0.25) is 5.95 Å². The lowest BCUT2D eigenvalue weighted by molar-refractivity contribution is 0.587. The van der Waals surface area contributed by atoms with Crippen LogP contribution in [0.2, 0.25) is 0 Å². The fraction of sp³-hybridized carbons (Fsp3) is 0.231. The first-order valence-electron chi connectivity index (χ1n) is 5.25. The molecule has 16 heavy (non-hydrogen) atoms. The van der Waals surface area contributed by atoms with Crippen molar-refractivity contribution in [1.29, 1.82) is 0 Å². The summed E-state index contributed by atoms with van der Waals surface area (Å²) in [7, 11) is 0. The summed E-state index contributed by atoms with van der Waals surface area (Å²) in [6.07, 6.45) is 3.13. The van der Waals surface area contributed by atoms with Gasteiger partial charge in [-0.05, 0) is 24.1 Å². The molecule has 0 aromatic carbocycles. The lowest BCUT2D eigenvalue weighted by Gasteiger charge is -2.06. The first kappa shape index (κ1) is 10.7. The predicted molar refractivity (Wildman–Crippen MR) is 61.5 cm³/mol. The maximum Gasteiger partial charge on any atom is 0.220 e. The van der Waals surface area contributed by atoms with Crippen molar-refractivity contribution < 1.29 is 4.39 Å². The number of pyridine rings is 2. The first-order chi connectivity index (χ1) is 7.68. The second-order valence-electron chi connectivity index (χ2n) is 3.97. The van der Waals surface area contributed by atoms with Crippen LogP contribution in [0.5, 0.6) is 0 Å². The summed E-state index contributed by atoms with van der Waals surface area (Å²) >= 11 is 0. The van der Waals surface area contributed by atoms with E-state index in [1.807, 2.05) is 12.1 Å². The van der Waals surface area contributed by atoms with Gasteiger partial charge in [-0.25, -0.2) is 4.98 Å². The molecule has 82 valence electrons. The van der Waals surface area contributed by atoms with E-state index in [-0.39, 0.29) is 0 Å². The van der Waals surface area contributed by atoms with Crippen LogP contribution in [0, 0.1) is 5.95 Å². The Hall–Kier alpha value is -1.77. The Balaban J connectivity index is 2.39. The lowest BCUT2D eigenvalue weighted by atomic mass is 10.1. The largest absolute Gasteiger partial charge is 0.260 e. The number of hydrogen-bond acceptors (Lipinski definition) is 2. The minimum absolute atomic E-state index is 0.382. The van der Waals surface area contributed by atoms with Gasteiger partial charge in [0.05, 0.1) is 0 Å². The normalized spacial score (nSPS) is 10.8. The fourth-order valence-electron chi connectivity index (χ4n) is 1.51. The SMILES string of the molecule is CC(C)c1ccc(-c2cccnc2F)cn1. The molecular formula is C13H13FN2. The van der Waals surface area contributed by atoms with E-state index in [0.29, 0.717) is 11.5 Å². The van der Waals surface area contributed by atoms with Crippen LogP contribution in [0.3, 0.4) is 0 Å². The second-order valence-corrected chi connectivity index (χ2v) is 3.97. The molecule has 0 bridgehead atoms. The first-order valence-corrected chi connectivity index (χ1v) is 5.25. The summed E-state index contributed by atoms with van der Waals surface area (Å²) in [5.41, 5.74) is 2.26. The van der Waals surface area contributed by atoms with Crippen molar-refractivity contribution in [2.75, 3.05) is 0 Å². The third-order valence-electron chi connectivity index (χ3n) is 2.45. The van der Waals surface area contributed by atoms with Crippen LogP contribution >= 0.6 is 0 Å². The number of aromatic nitrogens is 2. The molecule has 2 heterocycles. The van der Waals surface area contributed by atoms with Crippen LogP contribution in [0.25, 0.3) is 11.1 Å². The van der Waals surface area contributed by atoms with Crippen molar-refractivity contribution in [3.8, 4) is 11.1 Å². The van der Waals surface area contributed by atoms with E-state index in [0.717, 1.165) is 11.3 Å². The van der Waals surface area contributed by atoms with Crippen LogP contribution < -0.4 is 0 Å². The van der Waals surface area contributed by atoms with E-state index in [9.17, 15) is 4.39 Å². The zero-order chi connectivity index (χ0) is 11.5. The molecule has 0 saturated heterocycles. The Morgan fingerprint density at radius 1 is 1.12 bits per heavy atom. The van der Waals surface area contributed by atoms with Gasteiger partial charge in [-0.1, -0.05) is 19.9 Å². The summed E-state index contributed by atoms with van der Waals surface area (Å²) < 4.78 is 13.4.